The maximum Gasteiger partial charge on any atom is 0.326 e. The van der Waals surface area contributed by atoms with Crippen LogP contribution < -0.4 is 27.4 Å². The summed E-state index contributed by atoms with van der Waals surface area (Å²) in [7, 11) is 0. The Morgan fingerprint density at radius 3 is 1.90 bits per heavy atom. The molecule has 9 N–H and O–H groups in total. The molecule has 5 atom stereocenters. The third-order valence-electron chi connectivity index (χ3n) is 6.80. The molecule has 1 rings (SSSR count). The van der Waals surface area contributed by atoms with Crippen molar-refractivity contribution in [1.82, 2.24) is 20.9 Å². The van der Waals surface area contributed by atoms with Gasteiger partial charge in [0.25, 0.3) is 0 Å². The highest BCUT2D eigenvalue weighted by Gasteiger charge is 2.39. The molecule has 1 aliphatic heterocycles. The maximum absolute atomic E-state index is 13.4. The molecule has 0 aromatic carbocycles. The summed E-state index contributed by atoms with van der Waals surface area (Å²) >= 11 is 0. The van der Waals surface area contributed by atoms with Gasteiger partial charge in [-0.1, -0.05) is 34.1 Å². The largest absolute Gasteiger partial charge is 0.481 e. The van der Waals surface area contributed by atoms with Gasteiger partial charge in [0.05, 0.1) is 12.5 Å². The number of rotatable bonds is 18. The highest BCUT2D eigenvalue weighted by atomic mass is 16.4. The molecule has 14 heteroatoms. The molecular formula is C27H48N6O8. The molecule has 0 aliphatic carbocycles. The van der Waals surface area contributed by atoms with Crippen molar-refractivity contribution in [2.75, 3.05) is 13.1 Å². The number of aliphatic carboxylic acids is 2. The minimum atomic E-state index is -1.49. The summed E-state index contributed by atoms with van der Waals surface area (Å²) in [6.45, 7) is 8.05. The minimum absolute atomic E-state index is 0.0162. The van der Waals surface area contributed by atoms with Crippen molar-refractivity contribution in [3.05, 3.63) is 0 Å². The van der Waals surface area contributed by atoms with Gasteiger partial charge >= 0.3 is 11.9 Å². The number of carbonyl (C=O) groups is 6. The van der Waals surface area contributed by atoms with Crippen molar-refractivity contribution in [1.29, 1.82) is 0 Å². The van der Waals surface area contributed by atoms with Gasteiger partial charge < -0.3 is 42.5 Å². The van der Waals surface area contributed by atoms with Crippen molar-refractivity contribution < 1.29 is 39.0 Å². The Balaban J connectivity index is 3.09. The standard InChI is InChI=1S/C27H48N6O8/c1-15(2)12-18(31-25(38)19(14-22(34)35)30-23(36)17(29)8-5-6-10-28)24(37)32-20(13-16(3)4)26(39)33-11-7-9-21(33)27(40)41/h15-21H,5-14,28-29H2,1-4H3,(H,30,36)(H,31,38)(H,32,37)(H,34,35)(H,40,41). The van der Waals surface area contributed by atoms with Gasteiger partial charge in [0.15, 0.2) is 0 Å². The van der Waals surface area contributed by atoms with Gasteiger partial charge in [-0.05, 0) is 56.9 Å². The highest BCUT2D eigenvalue weighted by molar-refractivity contribution is 5.96. The van der Waals surface area contributed by atoms with Crippen LogP contribution in [0.3, 0.4) is 0 Å². The van der Waals surface area contributed by atoms with Gasteiger partial charge in [-0.15, -0.1) is 0 Å². The summed E-state index contributed by atoms with van der Waals surface area (Å²) in [5, 5.41) is 26.5. The van der Waals surface area contributed by atoms with E-state index in [1.165, 1.54) is 4.90 Å². The van der Waals surface area contributed by atoms with Crippen LogP contribution in [0.5, 0.6) is 0 Å². The zero-order chi connectivity index (χ0) is 31.3. The summed E-state index contributed by atoms with van der Waals surface area (Å²) in [6, 6.07) is -5.59. The Hall–Kier alpha value is -3.26. The van der Waals surface area contributed by atoms with Crippen molar-refractivity contribution in [3.8, 4) is 0 Å². The van der Waals surface area contributed by atoms with Crippen LogP contribution in [-0.2, 0) is 28.8 Å². The Kier molecular flexibility index (Phi) is 15.3. The summed E-state index contributed by atoms with van der Waals surface area (Å²) in [6.07, 6.45) is 2.06. The number of nitrogens with zero attached hydrogens (tertiary/aromatic N) is 1. The maximum atomic E-state index is 13.4. The predicted octanol–water partition coefficient (Wildman–Crippen LogP) is -0.460. The first-order valence-corrected chi connectivity index (χ1v) is 14.3. The lowest BCUT2D eigenvalue weighted by atomic mass is 9.99. The zero-order valence-corrected chi connectivity index (χ0v) is 24.6. The monoisotopic (exact) mass is 584 g/mol. The zero-order valence-electron chi connectivity index (χ0n) is 24.6. The number of hydrogen-bond acceptors (Lipinski definition) is 8. The number of amides is 4. The number of carboxylic acids is 2. The Labute approximate surface area is 241 Å². The molecule has 41 heavy (non-hydrogen) atoms. The fraction of sp³-hybridized carbons (Fsp3) is 0.778. The van der Waals surface area contributed by atoms with Crippen LogP contribution in [0.1, 0.15) is 79.1 Å². The lowest BCUT2D eigenvalue weighted by molar-refractivity contribution is -0.149. The Morgan fingerprint density at radius 2 is 1.37 bits per heavy atom. The fourth-order valence-corrected chi connectivity index (χ4v) is 4.73. The average Bonchev–Trinajstić information content (AvgIpc) is 3.36. The van der Waals surface area contributed by atoms with Gasteiger partial charge in [-0.3, -0.25) is 24.0 Å². The summed E-state index contributed by atoms with van der Waals surface area (Å²) in [4.78, 5) is 76.8. The van der Waals surface area contributed by atoms with Crippen LogP contribution in [0.4, 0.5) is 0 Å². The molecule has 0 aromatic heterocycles. The van der Waals surface area contributed by atoms with Crippen LogP contribution in [0.25, 0.3) is 0 Å². The first-order valence-electron chi connectivity index (χ1n) is 14.3. The smallest absolute Gasteiger partial charge is 0.326 e. The quantitative estimate of drug-likeness (QED) is 0.102. The Morgan fingerprint density at radius 1 is 0.829 bits per heavy atom. The number of unbranched alkanes of at least 4 members (excludes halogenated alkanes) is 1. The molecule has 14 nitrogen and oxygen atoms in total. The number of nitrogens with one attached hydrogen (secondary N) is 3. The highest BCUT2D eigenvalue weighted by Crippen LogP contribution is 2.20. The molecule has 4 amide bonds. The average molecular weight is 585 g/mol. The van der Waals surface area contributed by atoms with Gasteiger partial charge in [0.2, 0.25) is 23.6 Å². The van der Waals surface area contributed by atoms with Crippen LogP contribution in [0.2, 0.25) is 0 Å². The van der Waals surface area contributed by atoms with Crippen LogP contribution in [-0.4, -0.2) is 94.0 Å². The minimum Gasteiger partial charge on any atom is -0.481 e. The van der Waals surface area contributed by atoms with Crippen LogP contribution in [0, 0.1) is 11.8 Å². The molecule has 0 spiro atoms. The van der Waals surface area contributed by atoms with Crippen LogP contribution in [0.15, 0.2) is 0 Å². The van der Waals surface area contributed by atoms with E-state index < -0.39 is 72.2 Å². The molecule has 234 valence electrons. The second-order valence-electron chi connectivity index (χ2n) is 11.5. The van der Waals surface area contributed by atoms with E-state index in [0.717, 1.165) is 0 Å². The molecule has 0 aromatic rings. The number of nitrogens with two attached hydrogens (primary N) is 2. The second kappa shape index (κ2) is 17.5. The van der Waals surface area contributed by atoms with Crippen molar-refractivity contribution in [3.63, 3.8) is 0 Å². The summed E-state index contributed by atoms with van der Waals surface area (Å²) < 4.78 is 0. The lowest BCUT2D eigenvalue weighted by Gasteiger charge is -2.30. The topological polar surface area (TPSA) is 234 Å². The van der Waals surface area contributed by atoms with Crippen molar-refractivity contribution in [2.45, 2.75) is 109 Å². The van der Waals surface area contributed by atoms with E-state index in [1.54, 1.807) is 0 Å². The summed E-state index contributed by atoms with van der Waals surface area (Å²) in [5.74, 6) is -5.31. The van der Waals surface area contributed by atoms with E-state index >= 15 is 0 Å². The second-order valence-corrected chi connectivity index (χ2v) is 11.5. The molecule has 1 heterocycles. The van der Waals surface area contributed by atoms with Gasteiger partial charge in [-0.2, -0.15) is 0 Å². The molecule has 5 unspecified atom stereocenters. The SMILES string of the molecule is CC(C)CC(NC(=O)C(CC(=O)O)NC(=O)C(N)CCCCN)C(=O)NC(CC(C)C)C(=O)N1CCCC1C(=O)O. The number of carbonyl (C=O) groups excluding carboxylic acids is 4. The predicted molar refractivity (Wildman–Crippen MR) is 150 cm³/mol. The van der Waals surface area contributed by atoms with E-state index in [-0.39, 0.29) is 31.2 Å². The van der Waals surface area contributed by atoms with E-state index in [4.69, 9.17) is 11.5 Å². The number of carboxylic acid groups (broad SMARTS) is 2. The Bertz CT molecular complexity index is 927. The molecule has 0 radical (unpaired) electrons. The molecule has 0 saturated carbocycles. The molecule has 1 aliphatic rings. The normalized spacial score (nSPS) is 18.0. The first kappa shape index (κ1) is 35.8. The van der Waals surface area contributed by atoms with Crippen molar-refractivity contribution in [2.24, 2.45) is 23.3 Å². The number of likely N-dealkylation sites (tertiary alicyclic amines) is 1. The van der Waals surface area contributed by atoms with Gasteiger partial charge in [0, 0.05) is 6.54 Å². The molecule has 1 saturated heterocycles. The van der Waals surface area contributed by atoms with E-state index in [9.17, 15) is 39.0 Å². The molecular weight excluding hydrogens is 536 g/mol. The fourth-order valence-electron chi connectivity index (χ4n) is 4.73. The van der Waals surface area contributed by atoms with Gasteiger partial charge in [0.1, 0.15) is 24.2 Å². The third kappa shape index (κ3) is 12.4. The molecule has 0 bridgehead atoms. The summed E-state index contributed by atoms with van der Waals surface area (Å²) in [5.41, 5.74) is 11.3. The third-order valence-corrected chi connectivity index (χ3v) is 6.80. The van der Waals surface area contributed by atoms with E-state index in [1.807, 2.05) is 27.7 Å². The molecule has 1 fully saturated rings. The first-order chi connectivity index (χ1) is 19.2. The lowest BCUT2D eigenvalue weighted by Crippen LogP contribution is -2.59. The van der Waals surface area contributed by atoms with E-state index in [2.05, 4.69) is 16.0 Å². The van der Waals surface area contributed by atoms with Crippen LogP contribution >= 0.6 is 0 Å². The van der Waals surface area contributed by atoms with E-state index in [0.29, 0.717) is 38.6 Å². The number of hydrogen-bond donors (Lipinski definition) is 7. The van der Waals surface area contributed by atoms with Gasteiger partial charge in [-0.25, -0.2) is 4.79 Å². The van der Waals surface area contributed by atoms with Crippen molar-refractivity contribution >= 4 is 35.6 Å².